The minimum atomic E-state index is 0.217. The Morgan fingerprint density at radius 3 is 2.78 bits per heavy atom. The molecule has 0 aliphatic carbocycles. The molecule has 1 fully saturated rings. The quantitative estimate of drug-likeness (QED) is 0.893. The third-order valence-corrected chi connectivity index (χ3v) is 4.93. The highest BCUT2D eigenvalue weighted by atomic mass is 32.2. The van der Waals surface area contributed by atoms with Gasteiger partial charge in [-0.25, -0.2) is 0 Å². The van der Waals surface area contributed by atoms with E-state index in [1.54, 1.807) is 0 Å². The number of nitrogens with one attached hydrogen (secondary N) is 1. The first kappa shape index (κ1) is 13.5. The van der Waals surface area contributed by atoms with E-state index in [2.05, 4.69) is 57.3 Å². The smallest absolute Gasteiger partial charge is 0.157 e. The van der Waals surface area contributed by atoms with Crippen molar-refractivity contribution in [2.75, 3.05) is 5.75 Å². The lowest BCUT2D eigenvalue weighted by atomic mass is 10.0. The fourth-order valence-corrected chi connectivity index (χ4v) is 3.40. The van der Waals surface area contributed by atoms with Crippen LogP contribution in [0.4, 0.5) is 0 Å². The normalized spacial score (nSPS) is 27.2. The maximum absolute atomic E-state index is 4.82. The van der Waals surface area contributed by atoms with Crippen molar-refractivity contribution in [2.45, 2.75) is 45.7 Å². The number of aryl methyl sites for hydroxylation is 1. The lowest BCUT2D eigenvalue weighted by Gasteiger charge is -2.21. The maximum Gasteiger partial charge on any atom is 0.157 e. The van der Waals surface area contributed by atoms with E-state index in [-0.39, 0.29) is 11.6 Å². The van der Waals surface area contributed by atoms with Crippen LogP contribution in [0.3, 0.4) is 0 Å². The first-order valence-electron chi connectivity index (χ1n) is 6.58. The summed E-state index contributed by atoms with van der Waals surface area (Å²) in [6, 6.07) is 8.71. The van der Waals surface area contributed by atoms with E-state index in [0.717, 1.165) is 17.3 Å². The SMILES string of the molecule is CCC1(C)CSC(=NC(C)c2ccccc2C)N1. The van der Waals surface area contributed by atoms with Crippen molar-refractivity contribution in [2.24, 2.45) is 4.99 Å². The first-order valence-corrected chi connectivity index (χ1v) is 7.57. The standard InChI is InChI=1S/C15H22N2S/c1-5-15(4)10-18-14(17-15)16-12(3)13-9-7-6-8-11(13)2/h6-9,12H,5,10H2,1-4H3,(H,16,17). The van der Waals surface area contributed by atoms with E-state index >= 15 is 0 Å². The molecule has 0 bridgehead atoms. The molecule has 1 aromatic rings. The van der Waals surface area contributed by atoms with Gasteiger partial charge in [-0.05, 0) is 38.3 Å². The van der Waals surface area contributed by atoms with Crippen molar-refractivity contribution in [3.8, 4) is 0 Å². The average molecular weight is 262 g/mol. The van der Waals surface area contributed by atoms with Gasteiger partial charge >= 0.3 is 0 Å². The van der Waals surface area contributed by atoms with Crippen LogP contribution >= 0.6 is 11.8 Å². The third-order valence-electron chi connectivity index (χ3n) is 3.67. The predicted octanol–water partition coefficient (Wildman–Crippen LogP) is 3.92. The molecule has 18 heavy (non-hydrogen) atoms. The Hall–Kier alpha value is -0.960. The van der Waals surface area contributed by atoms with Crippen LogP contribution in [0.2, 0.25) is 0 Å². The molecule has 0 spiro atoms. The molecule has 1 heterocycles. The van der Waals surface area contributed by atoms with Crippen LogP contribution in [-0.2, 0) is 0 Å². The van der Waals surface area contributed by atoms with Gasteiger partial charge in [0.2, 0.25) is 0 Å². The number of hydrogen-bond donors (Lipinski definition) is 1. The van der Waals surface area contributed by atoms with E-state index in [1.807, 2.05) is 11.8 Å². The Kier molecular flexibility index (Phi) is 4.00. The Balaban J connectivity index is 2.13. The van der Waals surface area contributed by atoms with E-state index in [9.17, 15) is 0 Å². The van der Waals surface area contributed by atoms with E-state index in [4.69, 9.17) is 4.99 Å². The van der Waals surface area contributed by atoms with Crippen molar-refractivity contribution in [1.82, 2.24) is 5.32 Å². The van der Waals surface area contributed by atoms with Crippen LogP contribution in [0, 0.1) is 6.92 Å². The minimum absolute atomic E-state index is 0.217. The predicted molar refractivity (Wildman–Crippen MR) is 81.3 cm³/mol. The van der Waals surface area contributed by atoms with Crippen molar-refractivity contribution in [3.05, 3.63) is 35.4 Å². The topological polar surface area (TPSA) is 24.4 Å². The summed E-state index contributed by atoms with van der Waals surface area (Å²) in [6.45, 7) is 8.80. The van der Waals surface area contributed by atoms with Crippen molar-refractivity contribution < 1.29 is 0 Å². The molecular formula is C15H22N2S. The molecule has 2 rings (SSSR count). The van der Waals surface area contributed by atoms with E-state index in [1.165, 1.54) is 11.1 Å². The Bertz CT molecular complexity index is 456. The monoisotopic (exact) mass is 262 g/mol. The summed E-state index contributed by atoms with van der Waals surface area (Å²) in [5, 5.41) is 4.64. The van der Waals surface area contributed by atoms with E-state index in [0.29, 0.717) is 0 Å². The summed E-state index contributed by atoms with van der Waals surface area (Å²) < 4.78 is 0. The molecule has 1 N–H and O–H groups in total. The molecule has 2 unspecified atom stereocenters. The largest absolute Gasteiger partial charge is 0.359 e. The lowest BCUT2D eigenvalue weighted by molar-refractivity contribution is 0.465. The fraction of sp³-hybridized carbons (Fsp3) is 0.533. The van der Waals surface area contributed by atoms with Crippen LogP contribution in [0.5, 0.6) is 0 Å². The van der Waals surface area contributed by atoms with Crippen molar-refractivity contribution in [1.29, 1.82) is 0 Å². The van der Waals surface area contributed by atoms with Crippen LogP contribution in [0.15, 0.2) is 29.3 Å². The summed E-state index contributed by atoms with van der Waals surface area (Å²) in [4.78, 5) is 4.82. The van der Waals surface area contributed by atoms with Crippen molar-refractivity contribution >= 4 is 16.9 Å². The average Bonchev–Trinajstić information content (AvgIpc) is 2.72. The highest BCUT2D eigenvalue weighted by molar-refractivity contribution is 8.14. The molecular weight excluding hydrogens is 240 g/mol. The highest BCUT2D eigenvalue weighted by Gasteiger charge is 2.30. The summed E-state index contributed by atoms with van der Waals surface area (Å²) in [7, 11) is 0. The molecule has 0 aromatic heterocycles. The van der Waals surface area contributed by atoms with Gasteiger partial charge in [0.05, 0.1) is 6.04 Å². The summed E-state index contributed by atoms with van der Waals surface area (Å²) in [5.74, 6) is 1.11. The second kappa shape index (κ2) is 5.35. The van der Waals surface area contributed by atoms with Gasteiger partial charge in [-0.3, -0.25) is 4.99 Å². The molecule has 2 atom stereocenters. The number of thioether (sulfide) groups is 1. The molecule has 0 amide bonds. The number of hydrogen-bond acceptors (Lipinski definition) is 2. The molecule has 2 nitrogen and oxygen atoms in total. The number of amidine groups is 1. The minimum Gasteiger partial charge on any atom is -0.359 e. The van der Waals surface area contributed by atoms with Gasteiger partial charge in [-0.1, -0.05) is 43.0 Å². The first-order chi connectivity index (χ1) is 8.54. The second-order valence-electron chi connectivity index (χ2n) is 5.29. The van der Waals surface area contributed by atoms with Gasteiger partial charge in [0, 0.05) is 11.3 Å². The summed E-state index contributed by atoms with van der Waals surface area (Å²) in [5.41, 5.74) is 2.85. The summed E-state index contributed by atoms with van der Waals surface area (Å²) >= 11 is 1.84. The van der Waals surface area contributed by atoms with Gasteiger partial charge in [0.15, 0.2) is 5.17 Å². The number of nitrogens with zero attached hydrogens (tertiary/aromatic N) is 1. The molecule has 0 saturated carbocycles. The Morgan fingerprint density at radius 2 is 2.17 bits per heavy atom. The third kappa shape index (κ3) is 2.89. The molecule has 0 radical (unpaired) electrons. The Labute approximate surface area is 114 Å². The number of aliphatic imine (C=N–C) groups is 1. The van der Waals surface area contributed by atoms with Gasteiger partial charge in [0.25, 0.3) is 0 Å². The van der Waals surface area contributed by atoms with Crippen LogP contribution < -0.4 is 5.32 Å². The zero-order chi connectivity index (χ0) is 13.2. The number of benzene rings is 1. The Morgan fingerprint density at radius 1 is 1.44 bits per heavy atom. The van der Waals surface area contributed by atoms with E-state index < -0.39 is 0 Å². The van der Waals surface area contributed by atoms with Gasteiger partial charge in [-0.15, -0.1) is 0 Å². The van der Waals surface area contributed by atoms with Crippen LogP contribution in [0.1, 0.15) is 44.4 Å². The van der Waals surface area contributed by atoms with Gasteiger partial charge in [-0.2, -0.15) is 0 Å². The zero-order valence-corrected chi connectivity index (χ0v) is 12.5. The van der Waals surface area contributed by atoms with Crippen LogP contribution in [0.25, 0.3) is 0 Å². The lowest BCUT2D eigenvalue weighted by Crippen LogP contribution is -2.39. The zero-order valence-electron chi connectivity index (χ0n) is 11.7. The summed E-state index contributed by atoms with van der Waals surface area (Å²) in [6.07, 6.45) is 1.14. The number of rotatable bonds is 3. The molecule has 1 saturated heterocycles. The second-order valence-corrected chi connectivity index (χ2v) is 6.26. The highest BCUT2D eigenvalue weighted by Crippen LogP contribution is 2.28. The van der Waals surface area contributed by atoms with Crippen LogP contribution in [-0.4, -0.2) is 16.5 Å². The fourth-order valence-electron chi connectivity index (χ4n) is 2.12. The molecule has 98 valence electrons. The maximum atomic E-state index is 4.82. The molecule has 1 aromatic carbocycles. The molecule has 1 aliphatic heterocycles. The molecule has 1 aliphatic rings. The molecule has 3 heteroatoms. The van der Waals surface area contributed by atoms with Gasteiger partial charge < -0.3 is 5.32 Å². The van der Waals surface area contributed by atoms with Crippen molar-refractivity contribution in [3.63, 3.8) is 0 Å². The van der Waals surface area contributed by atoms with Gasteiger partial charge in [0.1, 0.15) is 0 Å².